The van der Waals surface area contributed by atoms with Gasteiger partial charge in [0.2, 0.25) is 5.91 Å². The highest BCUT2D eigenvalue weighted by atomic mass is 16.3. The van der Waals surface area contributed by atoms with E-state index in [1.807, 2.05) is 30.3 Å². The minimum absolute atomic E-state index is 0.0121. The Morgan fingerprint density at radius 3 is 2.22 bits per heavy atom. The quantitative estimate of drug-likeness (QED) is 0.863. The fourth-order valence-electron chi connectivity index (χ4n) is 1.68. The molecule has 2 aromatic carbocycles. The van der Waals surface area contributed by atoms with Crippen LogP contribution in [0.25, 0.3) is 0 Å². The molecule has 1 amide bonds. The molecule has 3 nitrogen and oxygen atoms in total. The molecule has 0 atom stereocenters. The highest BCUT2D eigenvalue weighted by Crippen LogP contribution is 2.10. The van der Waals surface area contributed by atoms with Crippen LogP contribution in [0.4, 0.5) is 5.69 Å². The van der Waals surface area contributed by atoms with Crippen molar-refractivity contribution in [2.45, 2.75) is 13.0 Å². The summed E-state index contributed by atoms with van der Waals surface area (Å²) in [7, 11) is 0. The molecule has 2 rings (SSSR count). The topological polar surface area (TPSA) is 49.3 Å². The second-order valence-electron chi connectivity index (χ2n) is 4.07. The molecular weight excluding hydrogens is 226 g/mol. The average Bonchev–Trinajstić information content (AvgIpc) is 2.40. The number of anilines is 1. The zero-order chi connectivity index (χ0) is 12.8. The van der Waals surface area contributed by atoms with Crippen LogP contribution >= 0.6 is 0 Å². The molecule has 18 heavy (non-hydrogen) atoms. The number of hydrogen-bond acceptors (Lipinski definition) is 2. The third-order valence-corrected chi connectivity index (χ3v) is 2.63. The summed E-state index contributed by atoms with van der Waals surface area (Å²) in [6.07, 6.45) is 0.364. The molecule has 0 radical (unpaired) electrons. The number of rotatable bonds is 4. The van der Waals surface area contributed by atoms with Gasteiger partial charge < -0.3 is 10.4 Å². The van der Waals surface area contributed by atoms with Gasteiger partial charge in [-0.05, 0) is 23.3 Å². The van der Waals surface area contributed by atoms with Gasteiger partial charge in [0, 0.05) is 5.69 Å². The normalized spacial score (nSPS) is 10.1. The van der Waals surface area contributed by atoms with E-state index in [4.69, 9.17) is 5.11 Å². The number of carbonyl (C=O) groups excluding carboxylic acids is 1. The van der Waals surface area contributed by atoms with E-state index in [0.29, 0.717) is 6.42 Å². The molecular formula is C15H15NO2. The Morgan fingerprint density at radius 1 is 0.944 bits per heavy atom. The predicted molar refractivity (Wildman–Crippen MR) is 71.1 cm³/mol. The number of carbonyl (C=O) groups is 1. The summed E-state index contributed by atoms with van der Waals surface area (Å²) < 4.78 is 0. The first kappa shape index (κ1) is 12.3. The molecule has 0 aliphatic heterocycles. The Kier molecular flexibility index (Phi) is 4.10. The van der Waals surface area contributed by atoms with Gasteiger partial charge in [-0.1, -0.05) is 42.5 Å². The van der Waals surface area contributed by atoms with Gasteiger partial charge in [0.25, 0.3) is 0 Å². The monoisotopic (exact) mass is 241 g/mol. The number of nitrogens with one attached hydrogen (secondary N) is 1. The maximum atomic E-state index is 11.8. The lowest BCUT2D eigenvalue weighted by Gasteiger charge is -2.06. The number of amides is 1. The van der Waals surface area contributed by atoms with E-state index in [-0.39, 0.29) is 12.5 Å². The van der Waals surface area contributed by atoms with Gasteiger partial charge in [0.05, 0.1) is 13.0 Å². The number of aliphatic hydroxyl groups excluding tert-OH is 1. The fraction of sp³-hybridized carbons (Fsp3) is 0.133. The molecule has 0 fully saturated rings. The van der Waals surface area contributed by atoms with E-state index in [9.17, 15) is 4.79 Å². The van der Waals surface area contributed by atoms with E-state index in [1.165, 1.54) is 0 Å². The van der Waals surface area contributed by atoms with Gasteiger partial charge in [-0.25, -0.2) is 0 Å². The van der Waals surface area contributed by atoms with Crippen molar-refractivity contribution in [1.29, 1.82) is 0 Å². The number of benzene rings is 2. The number of hydrogen-bond donors (Lipinski definition) is 2. The van der Waals surface area contributed by atoms with Crippen molar-refractivity contribution in [3.63, 3.8) is 0 Å². The van der Waals surface area contributed by atoms with Crippen molar-refractivity contribution in [2.24, 2.45) is 0 Å². The molecule has 0 saturated heterocycles. The standard InChI is InChI=1S/C15H15NO2/c17-11-13-6-8-14(9-7-13)16-15(18)10-12-4-2-1-3-5-12/h1-9,17H,10-11H2,(H,16,18). The van der Waals surface area contributed by atoms with Crippen molar-refractivity contribution < 1.29 is 9.90 Å². The van der Waals surface area contributed by atoms with Crippen LogP contribution in [0, 0.1) is 0 Å². The number of aliphatic hydroxyl groups is 1. The summed E-state index contributed by atoms with van der Waals surface area (Å²) in [5, 5.41) is 11.7. The van der Waals surface area contributed by atoms with Crippen molar-refractivity contribution in [2.75, 3.05) is 5.32 Å². The zero-order valence-corrected chi connectivity index (χ0v) is 9.97. The molecule has 0 spiro atoms. The molecule has 92 valence electrons. The molecule has 0 saturated carbocycles. The maximum Gasteiger partial charge on any atom is 0.228 e. The highest BCUT2D eigenvalue weighted by Gasteiger charge is 2.03. The first-order chi connectivity index (χ1) is 8.78. The Morgan fingerprint density at radius 2 is 1.61 bits per heavy atom. The molecule has 3 heteroatoms. The van der Waals surface area contributed by atoms with Crippen LogP contribution in [-0.2, 0) is 17.8 Å². The Labute approximate surface area is 106 Å². The summed E-state index contributed by atoms with van der Waals surface area (Å²) in [5.41, 5.74) is 2.56. The largest absolute Gasteiger partial charge is 0.392 e. The van der Waals surface area contributed by atoms with Crippen LogP contribution in [0.2, 0.25) is 0 Å². The van der Waals surface area contributed by atoms with Crippen molar-refractivity contribution in [3.8, 4) is 0 Å². The average molecular weight is 241 g/mol. The molecule has 0 heterocycles. The van der Waals surface area contributed by atoms with Crippen molar-refractivity contribution in [3.05, 3.63) is 65.7 Å². The van der Waals surface area contributed by atoms with Gasteiger partial charge in [-0.3, -0.25) is 4.79 Å². The molecule has 0 aromatic heterocycles. The molecule has 0 unspecified atom stereocenters. The van der Waals surface area contributed by atoms with Crippen LogP contribution in [0.3, 0.4) is 0 Å². The second kappa shape index (κ2) is 5.98. The van der Waals surface area contributed by atoms with Gasteiger partial charge in [0.15, 0.2) is 0 Å². The second-order valence-corrected chi connectivity index (χ2v) is 4.07. The van der Waals surface area contributed by atoms with Crippen LogP contribution in [0.1, 0.15) is 11.1 Å². The fourth-order valence-corrected chi connectivity index (χ4v) is 1.68. The highest BCUT2D eigenvalue weighted by molar-refractivity contribution is 5.92. The summed E-state index contributed by atoms with van der Waals surface area (Å²) >= 11 is 0. The van der Waals surface area contributed by atoms with Gasteiger partial charge in [-0.2, -0.15) is 0 Å². The van der Waals surface area contributed by atoms with Crippen molar-refractivity contribution in [1.82, 2.24) is 0 Å². The molecule has 0 bridgehead atoms. The summed E-state index contributed by atoms with van der Waals surface area (Å²) in [5.74, 6) is -0.0436. The summed E-state index contributed by atoms with van der Waals surface area (Å²) in [6, 6.07) is 16.8. The minimum atomic E-state index is -0.0436. The third-order valence-electron chi connectivity index (χ3n) is 2.63. The molecule has 0 aliphatic rings. The summed E-state index contributed by atoms with van der Waals surface area (Å²) in [6.45, 7) is 0.0121. The van der Waals surface area contributed by atoms with Gasteiger partial charge in [-0.15, -0.1) is 0 Å². The lowest BCUT2D eigenvalue weighted by atomic mass is 10.1. The van der Waals surface area contributed by atoms with E-state index in [2.05, 4.69) is 5.32 Å². The Hall–Kier alpha value is -2.13. The third kappa shape index (κ3) is 3.43. The predicted octanol–water partition coefficient (Wildman–Crippen LogP) is 2.36. The summed E-state index contributed by atoms with van der Waals surface area (Å²) in [4.78, 5) is 11.8. The van der Waals surface area contributed by atoms with Crippen LogP contribution in [0.15, 0.2) is 54.6 Å². The van der Waals surface area contributed by atoms with Crippen LogP contribution in [0.5, 0.6) is 0 Å². The van der Waals surface area contributed by atoms with E-state index in [0.717, 1.165) is 16.8 Å². The minimum Gasteiger partial charge on any atom is -0.392 e. The van der Waals surface area contributed by atoms with Gasteiger partial charge >= 0.3 is 0 Å². The van der Waals surface area contributed by atoms with E-state index < -0.39 is 0 Å². The van der Waals surface area contributed by atoms with E-state index >= 15 is 0 Å². The van der Waals surface area contributed by atoms with E-state index in [1.54, 1.807) is 24.3 Å². The first-order valence-electron chi connectivity index (χ1n) is 5.81. The SMILES string of the molecule is O=C(Cc1ccccc1)Nc1ccc(CO)cc1. The van der Waals surface area contributed by atoms with Crippen LogP contribution in [-0.4, -0.2) is 11.0 Å². The smallest absolute Gasteiger partial charge is 0.228 e. The molecule has 2 N–H and O–H groups in total. The van der Waals surface area contributed by atoms with Gasteiger partial charge in [0.1, 0.15) is 0 Å². The maximum absolute atomic E-state index is 11.8. The lowest BCUT2D eigenvalue weighted by molar-refractivity contribution is -0.115. The molecule has 2 aromatic rings. The zero-order valence-electron chi connectivity index (χ0n) is 9.97. The first-order valence-corrected chi connectivity index (χ1v) is 5.81. The lowest BCUT2D eigenvalue weighted by Crippen LogP contribution is -2.14. The Balaban J connectivity index is 1.94. The Bertz CT molecular complexity index is 506. The molecule has 0 aliphatic carbocycles. The van der Waals surface area contributed by atoms with Crippen molar-refractivity contribution >= 4 is 11.6 Å². The van der Waals surface area contributed by atoms with Crippen LogP contribution < -0.4 is 5.32 Å².